The molecule has 17 heavy (non-hydrogen) atoms. The minimum atomic E-state index is -3.11. The van der Waals surface area contributed by atoms with Crippen molar-refractivity contribution < 1.29 is 23.2 Å². The number of Topliss-reactive ketones (excluding diaryl/α,β-unsaturated/α-hetero) is 1. The van der Waals surface area contributed by atoms with Crippen LogP contribution in [0.5, 0.6) is 5.75 Å². The van der Waals surface area contributed by atoms with E-state index in [-0.39, 0.29) is 10.0 Å². The van der Waals surface area contributed by atoms with Crippen molar-refractivity contribution in [2.75, 3.05) is 0 Å². The highest BCUT2D eigenvalue weighted by molar-refractivity contribution is 9.10. The van der Waals surface area contributed by atoms with Gasteiger partial charge in [0.25, 0.3) is 5.69 Å². The van der Waals surface area contributed by atoms with Crippen LogP contribution in [0.15, 0.2) is 16.6 Å². The number of rotatable bonds is 4. The lowest BCUT2D eigenvalue weighted by molar-refractivity contribution is -0.385. The third-order valence-electron chi connectivity index (χ3n) is 1.85. The van der Waals surface area contributed by atoms with Gasteiger partial charge in [0.05, 0.1) is 10.5 Å². The summed E-state index contributed by atoms with van der Waals surface area (Å²) in [5.74, 6) is -1.01. The standard InChI is InChI=1S/C9H6BrF2NO4/c1-4(14)7-6(17-9(11)12)3-2-5(8(7)10)13(15)16/h2-3,9H,1H3. The second kappa shape index (κ2) is 5.17. The van der Waals surface area contributed by atoms with Crippen LogP contribution in [0, 0.1) is 10.1 Å². The molecule has 0 aliphatic carbocycles. The second-order valence-electron chi connectivity index (χ2n) is 2.96. The largest absolute Gasteiger partial charge is 0.434 e. The summed E-state index contributed by atoms with van der Waals surface area (Å²) in [6.45, 7) is -2.01. The lowest BCUT2D eigenvalue weighted by Crippen LogP contribution is -2.08. The van der Waals surface area contributed by atoms with Gasteiger partial charge in [0.1, 0.15) is 10.2 Å². The fourth-order valence-electron chi connectivity index (χ4n) is 1.21. The molecule has 0 fully saturated rings. The Morgan fingerprint density at radius 3 is 2.53 bits per heavy atom. The Morgan fingerprint density at radius 1 is 1.53 bits per heavy atom. The first kappa shape index (κ1) is 13.5. The molecule has 1 aromatic carbocycles. The Bertz CT molecular complexity index is 478. The minimum Gasteiger partial charge on any atom is -0.434 e. The van der Waals surface area contributed by atoms with E-state index >= 15 is 0 Å². The van der Waals surface area contributed by atoms with E-state index in [9.17, 15) is 23.7 Å². The zero-order valence-electron chi connectivity index (χ0n) is 8.45. The molecule has 0 heterocycles. The van der Waals surface area contributed by atoms with Gasteiger partial charge in [0.15, 0.2) is 5.78 Å². The molecule has 0 bridgehead atoms. The Morgan fingerprint density at radius 2 is 2.12 bits per heavy atom. The quantitative estimate of drug-likeness (QED) is 0.486. The Kier molecular flexibility index (Phi) is 4.11. The van der Waals surface area contributed by atoms with Gasteiger partial charge in [0.2, 0.25) is 0 Å². The lowest BCUT2D eigenvalue weighted by Gasteiger charge is -2.10. The first-order chi connectivity index (χ1) is 7.84. The van der Waals surface area contributed by atoms with Crippen LogP contribution in [0.1, 0.15) is 17.3 Å². The number of ketones is 1. The van der Waals surface area contributed by atoms with E-state index in [1.165, 1.54) is 0 Å². The third kappa shape index (κ3) is 2.96. The normalized spacial score (nSPS) is 10.4. The average molecular weight is 310 g/mol. The molecular formula is C9H6BrF2NO4. The maximum Gasteiger partial charge on any atom is 0.387 e. The summed E-state index contributed by atoms with van der Waals surface area (Å²) in [5.41, 5.74) is -0.670. The highest BCUT2D eigenvalue weighted by Crippen LogP contribution is 2.35. The molecule has 0 saturated carbocycles. The number of alkyl halides is 2. The van der Waals surface area contributed by atoms with Crippen molar-refractivity contribution in [3.05, 3.63) is 32.3 Å². The maximum atomic E-state index is 12.1. The van der Waals surface area contributed by atoms with Gasteiger partial charge in [-0.1, -0.05) is 0 Å². The predicted molar refractivity (Wildman–Crippen MR) is 57.4 cm³/mol. The van der Waals surface area contributed by atoms with E-state index in [1.807, 2.05) is 0 Å². The fraction of sp³-hybridized carbons (Fsp3) is 0.222. The van der Waals surface area contributed by atoms with Gasteiger partial charge >= 0.3 is 6.61 Å². The monoisotopic (exact) mass is 309 g/mol. The Labute approximate surface area is 103 Å². The van der Waals surface area contributed by atoms with Gasteiger partial charge in [-0.2, -0.15) is 8.78 Å². The van der Waals surface area contributed by atoms with Crippen LogP contribution in [0.25, 0.3) is 0 Å². The van der Waals surface area contributed by atoms with Crippen molar-refractivity contribution in [1.82, 2.24) is 0 Å². The molecule has 8 heteroatoms. The summed E-state index contributed by atoms with van der Waals surface area (Å²) in [6, 6.07) is 1.94. The van der Waals surface area contributed by atoms with Gasteiger partial charge in [-0.05, 0) is 28.9 Å². The number of carbonyl (C=O) groups is 1. The van der Waals surface area contributed by atoms with Gasteiger partial charge in [-0.3, -0.25) is 14.9 Å². The SMILES string of the molecule is CC(=O)c1c(OC(F)F)ccc([N+](=O)[O-])c1Br. The van der Waals surface area contributed by atoms with E-state index in [1.54, 1.807) is 0 Å². The summed E-state index contributed by atoms with van der Waals surface area (Å²) < 4.78 is 28.1. The number of halogens is 3. The molecule has 92 valence electrons. The molecular weight excluding hydrogens is 304 g/mol. The van der Waals surface area contributed by atoms with Gasteiger partial charge in [0, 0.05) is 6.07 Å². The summed E-state index contributed by atoms with van der Waals surface area (Å²) >= 11 is 2.84. The number of carbonyl (C=O) groups excluding carboxylic acids is 1. The number of ether oxygens (including phenoxy) is 1. The molecule has 1 rings (SSSR count). The number of hydrogen-bond acceptors (Lipinski definition) is 4. The van der Waals surface area contributed by atoms with E-state index in [2.05, 4.69) is 20.7 Å². The van der Waals surface area contributed by atoms with Gasteiger partial charge < -0.3 is 4.74 Å². The molecule has 0 atom stereocenters. The number of nitro benzene ring substituents is 1. The number of nitrogens with zero attached hydrogens (tertiary/aromatic N) is 1. The summed E-state index contributed by atoms with van der Waals surface area (Å²) in [7, 11) is 0. The van der Waals surface area contributed by atoms with E-state index < -0.39 is 28.8 Å². The summed E-state index contributed by atoms with van der Waals surface area (Å²) in [5, 5.41) is 10.6. The van der Waals surface area contributed by atoms with Crippen LogP contribution in [-0.4, -0.2) is 17.3 Å². The molecule has 0 N–H and O–H groups in total. The minimum absolute atomic E-state index is 0.173. The van der Waals surface area contributed by atoms with Crippen molar-refractivity contribution in [3.63, 3.8) is 0 Å². The van der Waals surface area contributed by atoms with Crippen LogP contribution >= 0.6 is 15.9 Å². The van der Waals surface area contributed by atoms with Crippen molar-refractivity contribution in [2.24, 2.45) is 0 Å². The molecule has 0 aromatic heterocycles. The molecule has 1 aromatic rings. The molecule has 0 aliphatic heterocycles. The highest BCUT2D eigenvalue weighted by Gasteiger charge is 2.23. The molecule has 0 spiro atoms. The Hall–Kier alpha value is -1.57. The number of nitro groups is 1. The molecule has 0 amide bonds. The third-order valence-corrected chi connectivity index (χ3v) is 2.65. The molecule has 0 radical (unpaired) electrons. The summed E-state index contributed by atoms with van der Waals surface area (Å²) in [6.07, 6.45) is 0. The van der Waals surface area contributed by atoms with Crippen molar-refractivity contribution >= 4 is 27.4 Å². The topological polar surface area (TPSA) is 69.4 Å². The van der Waals surface area contributed by atoms with E-state index in [0.717, 1.165) is 19.1 Å². The van der Waals surface area contributed by atoms with Crippen LogP contribution in [0.2, 0.25) is 0 Å². The number of benzene rings is 1. The van der Waals surface area contributed by atoms with Crippen molar-refractivity contribution in [1.29, 1.82) is 0 Å². The van der Waals surface area contributed by atoms with Crippen molar-refractivity contribution in [3.8, 4) is 5.75 Å². The van der Waals surface area contributed by atoms with Crippen LogP contribution < -0.4 is 4.74 Å². The molecule has 0 aliphatic rings. The molecule has 0 unspecified atom stereocenters. The highest BCUT2D eigenvalue weighted by atomic mass is 79.9. The maximum absolute atomic E-state index is 12.1. The summed E-state index contributed by atoms with van der Waals surface area (Å²) in [4.78, 5) is 21.1. The van der Waals surface area contributed by atoms with Gasteiger partial charge in [-0.25, -0.2) is 0 Å². The van der Waals surface area contributed by atoms with Crippen LogP contribution in [-0.2, 0) is 0 Å². The van der Waals surface area contributed by atoms with E-state index in [4.69, 9.17) is 0 Å². The number of hydrogen-bond donors (Lipinski definition) is 0. The Balaban J connectivity index is 3.39. The van der Waals surface area contributed by atoms with Gasteiger partial charge in [-0.15, -0.1) is 0 Å². The van der Waals surface area contributed by atoms with Crippen LogP contribution in [0.4, 0.5) is 14.5 Å². The van der Waals surface area contributed by atoms with Crippen molar-refractivity contribution in [2.45, 2.75) is 13.5 Å². The predicted octanol–water partition coefficient (Wildman–Crippen LogP) is 3.16. The smallest absolute Gasteiger partial charge is 0.387 e. The average Bonchev–Trinajstić information content (AvgIpc) is 2.15. The van der Waals surface area contributed by atoms with Crippen LogP contribution in [0.3, 0.4) is 0 Å². The lowest BCUT2D eigenvalue weighted by atomic mass is 10.1. The molecule has 0 saturated heterocycles. The second-order valence-corrected chi connectivity index (χ2v) is 3.76. The zero-order valence-corrected chi connectivity index (χ0v) is 10.0. The zero-order chi connectivity index (χ0) is 13.2. The van der Waals surface area contributed by atoms with E-state index in [0.29, 0.717) is 0 Å². The molecule has 5 nitrogen and oxygen atoms in total. The first-order valence-corrected chi connectivity index (χ1v) is 5.06. The fourth-order valence-corrected chi connectivity index (χ4v) is 1.96. The first-order valence-electron chi connectivity index (χ1n) is 4.27.